The lowest BCUT2D eigenvalue weighted by atomic mass is 10.2. The molecule has 1 aliphatic rings. The third-order valence-corrected chi connectivity index (χ3v) is 7.01. The molecule has 4 rings (SSSR count). The molecule has 0 spiro atoms. The van der Waals surface area contributed by atoms with Crippen molar-refractivity contribution in [3.8, 4) is 0 Å². The van der Waals surface area contributed by atoms with Crippen LogP contribution in [0.4, 0.5) is 15.9 Å². The second kappa shape index (κ2) is 9.12. The summed E-state index contributed by atoms with van der Waals surface area (Å²) < 4.78 is 43.4. The predicted octanol–water partition coefficient (Wildman–Crippen LogP) is 2.29. The van der Waals surface area contributed by atoms with Crippen LogP contribution in [0.2, 0.25) is 0 Å². The molecule has 11 heteroatoms. The number of nitrogens with two attached hydrogens (primary N) is 1. The van der Waals surface area contributed by atoms with Crippen LogP contribution in [-0.2, 0) is 10.0 Å². The maximum absolute atomic E-state index is 13.8. The smallest absolute Gasteiger partial charge is 0.349 e. The van der Waals surface area contributed by atoms with Crippen molar-refractivity contribution in [3.63, 3.8) is 0 Å². The van der Waals surface area contributed by atoms with E-state index in [1.165, 1.54) is 24.3 Å². The van der Waals surface area contributed by atoms with E-state index in [2.05, 4.69) is 15.0 Å². The number of nitrogen functional groups attached to an aromatic ring is 1. The summed E-state index contributed by atoms with van der Waals surface area (Å²) in [4.78, 5) is 28.0. The molecule has 1 amide bonds. The molecule has 172 valence electrons. The number of nitrogens with zero attached hydrogens (tertiary/aromatic N) is 2. The van der Waals surface area contributed by atoms with Gasteiger partial charge in [0.25, 0.3) is 5.91 Å². The fourth-order valence-corrected chi connectivity index (χ4v) is 5.18. The number of halogens is 1. The van der Waals surface area contributed by atoms with Gasteiger partial charge in [0.2, 0.25) is 10.0 Å². The number of aromatic nitrogens is 2. The second-order valence-corrected chi connectivity index (χ2v) is 9.51. The van der Waals surface area contributed by atoms with Crippen molar-refractivity contribution in [1.82, 2.24) is 14.3 Å². The molecule has 3 aromatic rings. The Morgan fingerprint density at radius 2 is 1.88 bits per heavy atom. The summed E-state index contributed by atoms with van der Waals surface area (Å²) in [5.74, 6) is -1.71. The zero-order valence-electron chi connectivity index (χ0n) is 17.4. The average molecular weight is 472 g/mol. The predicted molar refractivity (Wildman–Crippen MR) is 121 cm³/mol. The Hall–Kier alpha value is -3.57. The SMILES string of the molecule is Nc1nc(=O)n([C@H]2CC[C@H](NS(=O)(=O)c3cccc(C(=O)Nc4ccccc4)c3)C2)cc1F. The van der Waals surface area contributed by atoms with Gasteiger partial charge in [-0.2, -0.15) is 4.98 Å². The van der Waals surface area contributed by atoms with Crippen LogP contribution in [0.15, 0.2) is 70.5 Å². The standard InChI is InChI=1S/C22H22FN5O4S/c23-19-13-28(22(30)26-20(19)24)17-10-9-16(12-17)27-33(31,32)18-8-4-5-14(11-18)21(29)25-15-6-2-1-3-7-15/h1-8,11,13,16-17,27H,9-10,12H2,(H,25,29)(H2,24,26,30)/t16-,17-/m0/s1. The molecule has 0 aliphatic heterocycles. The Labute approximate surface area is 189 Å². The minimum absolute atomic E-state index is 0.0518. The summed E-state index contributed by atoms with van der Waals surface area (Å²) in [6, 6.07) is 13.7. The van der Waals surface area contributed by atoms with E-state index in [0.717, 1.165) is 10.8 Å². The average Bonchev–Trinajstić information content (AvgIpc) is 3.24. The first-order valence-corrected chi connectivity index (χ1v) is 11.7. The molecule has 0 unspecified atom stereocenters. The van der Waals surface area contributed by atoms with Crippen molar-refractivity contribution in [1.29, 1.82) is 0 Å². The van der Waals surface area contributed by atoms with E-state index < -0.39 is 45.3 Å². The molecule has 4 N–H and O–H groups in total. The first-order chi connectivity index (χ1) is 15.7. The molecule has 1 fully saturated rings. The van der Waals surface area contributed by atoms with Crippen LogP contribution >= 0.6 is 0 Å². The van der Waals surface area contributed by atoms with Crippen molar-refractivity contribution in [2.45, 2.75) is 36.2 Å². The van der Waals surface area contributed by atoms with Crippen molar-refractivity contribution < 1.29 is 17.6 Å². The molecular formula is C22H22FN5O4S. The largest absolute Gasteiger partial charge is 0.381 e. The Bertz CT molecular complexity index is 1340. The molecule has 1 aliphatic carbocycles. The number of amides is 1. The third kappa shape index (κ3) is 5.10. The fraction of sp³-hybridized carbons (Fsp3) is 0.227. The summed E-state index contributed by atoms with van der Waals surface area (Å²) >= 11 is 0. The number of carbonyl (C=O) groups is 1. The number of sulfonamides is 1. The van der Waals surface area contributed by atoms with Gasteiger partial charge < -0.3 is 11.1 Å². The van der Waals surface area contributed by atoms with E-state index in [4.69, 9.17) is 5.73 Å². The zero-order chi connectivity index (χ0) is 23.6. The maximum Gasteiger partial charge on any atom is 0.349 e. The van der Waals surface area contributed by atoms with Crippen LogP contribution in [0.25, 0.3) is 0 Å². The Morgan fingerprint density at radius 1 is 1.12 bits per heavy atom. The fourth-order valence-electron chi connectivity index (χ4n) is 3.85. The van der Waals surface area contributed by atoms with Crippen molar-refractivity contribution in [2.24, 2.45) is 0 Å². The van der Waals surface area contributed by atoms with Gasteiger partial charge in [0.15, 0.2) is 11.6 Å². The lowest BCUT2D eigenvalue weighted by Crippen LogP contribution is -2.34. The van der Waals surface area contributed by atoms with E-state index in [0.29, 0.717) is 24.9 Å². The molecule has 1 saturated carbocycles. The summed E-state index contributed by atoms with van der Waals surface area (Å²) in [5, 5.41) is 2.72. The molecule has 0 bridgehead atoms. The highest BCUT2D eigenvalue weighted by Gasteiger charge is 2.31. The topological polar surface area (TPSA) is 136 Å². The van der Waals surface area contributed by atoms with Crippen molar-refractivity contribution in [3.05, 3.63) is 82.7 Å². The van der Waals surface area contributed by atoms with Gasteiger partial charge >= 0.3 is 5.69 Å². The van der Waals surface area contributed by atoms with Crippen LogP contribution in [0.1, 0.15) is 35.7 Å². The lowest BCUT2D eigenvalue weighted by molar-refractivity contribution is 0.102. The molecule has 2 aromatic carbocycles. The van der Waals surface area contributed by atoms with Gasteiger partial charge in [-0.25, -0.2) is 22.3 Å². The maximum atomic E-state index is 13.8. The summed E-state index contributed by atoms with van der Waals surface area (Å²) in [5.41, 5.74) is 5.43. The molecule has 9 nitrogen and oxygen atoms in total. The summed E-state index contributed by atoms with van der Waals surface area (Å²) in [6.45, 7) is 0. The van der Waals surface area contributed by atoms with Crippen LogP contribution < -0.4 is 21.5 Å². The molecule has 1 heterocycles. The van der Waals surface area contributed by atoms with Gasteiger partial charge in [0, 0.05) is 29.5 Å². The number of benzene rings is 2. The van der Waals surface area contributed by atoms with E-state index in [1.54, 1.807) is 24.3 Å². The van der Waals surface area contributed by atoms with Crippen LogP contribution in [0.5, 0.6) is 0 Å². The highest BCUT2D eigenvalue weighted by Crippen LogP contribution is 2.30. The molecule has 0 radical (unpaired) electrons. The van der Waals surface area contributed by atoms with Crippen LogP contribution in [0.3, 0.4) is 0 Å². The van der Waals surface area contributed by atoms with Crippen LogP contribution in [-0.4, -0.2) is 29.9 Å². The third-order valence-electron chi connectivity index (χ3n) is 5.49. The Balaban J connectivity index is 1.46. The number of nitrogens with one attached hydrogen (secondary N) is 2. The Kier molecular flexibility index (Phi) is 6.25. The molecular weight excluding hydrogens is 449 g/mol. The van der Waals surface area contributed by atoms with Gasteiger partial charge in [-0.15, -0.1) is 0 Å². The van der Waals surface area contributed by atoms with Gasteiger partial charge in [-0.1, -0.05) is 24.3 Å². The van der Waals surface area contributed by atoms with E-state index in [-0.39, 0.29) is 10.5 Å². The number of hydrogen-bond acceptors (Lipinski definition) is 6. The summed E-state index contributed by atoms with van der Waals surface area (Å²) in [7, 11) is -3.93. The van der Waals surface area contributed by atoms with Gasteiger partial charge in [0.05, 0.1) is 4.90 Å². The quantitative estimate of drug-likeness (QED) is 0.505. The van der Waals surface area contributed by atoms with Gasteiger partial charge in [-0.05, 0) is 49.6 Å². The van der Waals surface area contributed by atoms with Gasteiger partial charge in [0.1, 0.15) is 0 Å². The lowest BCUT2D eigenvalue weighted by Gasteiger charge is -2.16. The summed E-state index contributed by atoms with van der Waals surface area (Å²) in [6.07, 6.45) is 2.22. The van der Waals surface area contributed by atoms with E-state index >= 15 is 0 Å². The highest BCUT2D eigenvalue weighted by molar-refractivity contribution is 7.89. The number of anilines is 2. The van der Waals surface area contributed by atoms with Crippen LogP contribution in [0, 0.1) is 5.82 Å². The first kappa shape index (κ1) is 22.6. The minimum Gasteiger partial charge on any atom is -0.381 e. The molecule has 2 atom stereocenters. The second-order valence-electron chi connectivity index (χ2n) is 7.80. The number of para-hydroxylation sites is 1. The number of hydrogen-bond donors (Lipinski definition) is 3. The molecule has 0 saturated heterocycles. The minimum atomic E-state index is -3.93. The molecule has 33 heavy (non-hydrogen) atoms. The van der Waals surface area contributed by atoms with Crippen molar-refractivity contribution >= 4 is 27.4 Å². The highest BCUT2D eigenvalue weighted by atomic mass is 32.2. The number of rotatable bonds is 6. The van der Waals surface area contributed by atoms with E-state index in [1.807, 2.05) is 6.07 Å². The Morgan fingerprint density at radius 3 is 2.64 bits per heavy atom. The van der Waals surface area contributed by atoms with Gasteiger partial charge in [-0.3, -0.25) is 9.36 Å². The first-order valence-electron chi connectivity index (χ1n) is 10.3. The zero-order valence-corrected chi connectivity index (χ0v) is 18.3. The molecule has 1 aromatic heterocycles. The monoisotopic (exact) mass is 471 g/mol. The van der Waals surface area contributed by atoms with E-state index in [9.17, 15) is 22.4 Å². The van der Waals surface area contributed by atoms with Crippen molar-refractivity contribution in [2.75, 3.05) is 11.1 Å². The number of carbonyl (C=O) groups excluding carboxylic acids is 1. The normalized spacial score (nSPS) is 18.2.